The average Bonchev–Trinajstić information content (AvgIpc) is 2.79. The lowest BCUT2D eigenvalue weighted by molar-refractivity contribution is 0.480. The molecule has 0 spiro atoms. The van der Waals surface area contributed by atoms with Crippen LogP contribution < -0.4 is 0 Å². The molecule has 0 saturated heterocycles. The first kappa shape index (κ1) is 11.1. The monoisotopic (exact) mass is 182 g/mol. The standard InChI is InChI=1S/C7H12.C6H14/c1-2-7-4-3-6(1)5-7;1-3-5-6-4-2/h6-7H,1-5H2;3-6H2,1-2H3. The Morgan fingerprint density at radius 2 is 1.15 bits per heavy atom. The van der Waals surface area contributed by atoms with Crippen molar-refractivity contribution < 1.29 is 0 Å². The summed E-state index contributed by atoms with van der Waals surface area (Å²) >= 11 is 0. The summed E-state index contributed by atoms with van der Waals surface area (Å²) in [7, 11) is 0. The number of unbranched alkanes of at least 4 members (excludes halogenated alkanes) is 3. The summed E-state index contributed by atoms with van der Waals surface area (Å²) < 4.78 is 0. The van der Waals surface area contributed by atoms with Crippen LogP contribution in [0.15, 0.2) is 0 Å². The Morgan fingerprint density at radius 1 is 0.769 bits per heavy atom. The van der Waals surface area contributed by atoms with Crippen LogP contribution in [-0.4, -0.2) is 0 Å². The largest absolute Gasteiger partial charge is 0.0654 e. The molecule has 0 aromatic rings. The van der Waals surface area contributed by atoms with Crippen molar-refractivity contribution in [2.24, 2.45) is 11.8 Å². The summed E-state index contributed by atoms with van der Waals surface area (Å²) in [5.41, 5.74) is 0. The number of hydrogen-bond acceptors (Lipinski definition) is 0. The van der Waals surface area contributed by atoms with Gasteiger partial charge in [-0.1, -0.05) is 65.2 Å². The van der Waals surface area contributed by atoms with Crippen molar-refractivity contribution in [1.29, 1.82) is 0 Å². The van der Waals surface area contributed by atoms with Crippen molar-refractivity contribution in [2.45, 2.75) is 71.6 Å². The number of fused-ring (bicyclic) bond motifs is 2. The van der Waals surface area contributed by atoms with Gasteiger partial charge in [-0.15, -0.1) is 0 Å². The molecule has 0 heteroatoms. The molecule has 0 amide bonds. The maximum atomic E-state index is 2.23. The summed E-state index contributed by atoms with van der Waals surface area (Å²) in [5, 5.41) is 0. The van der Waals surface area contributed by atoms with Crippen LogP contribution >= 0.6 is 0 Å². The Morgan fingerprint density at radius 3 is 1.31 bits per heavy atom. The lowest BCUT2D eigenvalue weighted by Crippen LogP contribution is -1.90. The van der Waals surface area contributed by atoms with Gasteiger partial charge >= 0.3 is 0 Å². The normalized spacial score (nSPS) is 30.0. The molecule has 0 atom stereocenters. The second-order valence-electron chi connectivity index (χ2n) is 4.83. The van der Waals surface area contributed by atoms with Gasteiger partial charge in [-0.3, -0.25) is 0 Å². The SMILES string of the molecule is C1CC2CCC1C2.CCCCCC. The zero-order chi connectivity index (χ0) is 9.52. The fourth-order valence-electron chi connectivity index (χ4n) is 2.67. The van der Waals surface area contributed by atoms with E-state index in [-0.39, 0.29) is 0 Å². The first-order chi connectivity index (χ1) is 6.36. The molecular weight excluding hydrogens is 156 g/mol. The van der Waals surface area contributed by atoms with E-state index in [9.17, 15) is 0 Å². The van der Waals surface area contributed by atoms with Gasteiger partial charge in [-0.05, 0) is 18.3 Å². The molecule has 2 saturated carbocycles. The summed E-state index contributed by atoms with van der Waals surface area (Å²) in [6, 6.07) is 0. The van der Waals surface area contributed by atoms with Crippen molar-refractivity contribution in [3.8, 4) is 0 Å². The van der Waals surface area contributed by atoms with Gasteiger partial charge in [0.15, 0.2) is 0 Å². The second kappa shape index (κ2) is 6.45. The molecule has 13 heavy (non-hydrogen) atoms. The fourth-order valence-corrected chi connectivity index (χ4v) is 2.67. The molecule has 0 aromatic heterocycles. The second-order valence-corrected chi connectivity index (χ2v) is 4.83. The van der Waals surface area contributed by atoms with Gasteiger partial charge in [-0.2, -0.15) is 0 Å². The van der Waals surface area contributed by atoms with Gasteiger partial charge < -0.3 is 0 Å². The van der Waals surface area contributed by atoms with Crippen molar-refractivity contribution in [3.05, 3.63) is 0 Å². The van der Waals surface area contributed by atoms with E-state index in [1.165, 1.54) is 37.5 Å². The lowest BCUT2D eigenvalue weighted by Gasteiger charge is -2.05. The molecule has 2 aliphatic carbocycles. The summed E-state index contributed by atoms with van der Waals surface area (Å²) in [4.78, 5) is 0. The molecule has 2 aliphatic rings. The zero-order valence-electron chi connectivity index (χ0n) is 9.52. The predicted molar refractivity (Wildman–Crippen MR) is 59.9 cm³/mol. The van der Waals surface area contributed by atoms with Crippen LogP contribution in [0.2, 0.25) is 0 Å². The van der Waals surface area contributed by atoms with Crippen molar-refractivity contribution in [3.63, 3.8) is 0 Å². The van der Waals surface area contributed by atoms with Crippen molar-refractivity contribution >= 4 is 0 Å². The zero-order valence-corrected chi connectivity index (χ0v) is 9.52. The third kappa shape index (κ3) is 4.15. The van der Waals surface area contributed by atoms with Gasteiger partial charge in [0.05, 0.1) is 0 Å². The summed E-state index contributed by atoms with van der Waals surface area (Å²) in [5.74, 6) is 2.34. The van der Waals surface area contributed by atoms with E-state index >= 15 is 0 Å². The quantitative estimate of drug-likeness (QED) is 0.551. The van der Waals surface area contributed by atoms with E-state index in [0.717, 1.165) is 0 Å². The Bertz CT molecular complexity index is 95.2. The summed E-state index contributed by atoms with van der Waals surface area (Å²) in [6.45, 7) is 4.46. The van der Waals surface area contributed by atoms with E-state index in [2.05, 4.69) is 13.8 Å². The smallest absolute Gasteiger partial charge is 0.0411 e. The molecule has 0 N–H and O–H groups in total. The van der Waals surface area contributed by atoms with Crippen LogP contribution in [0.5, 0.6) is 0 Å². The minimum Gasteiger partial charge on any atom is -0.0654 e. The van der Waals surface area contributed by atoms with Gasteiger partial charge in [0, 0.05) is 0 Å². The molecule has 2 rings (SSSR count). The Balaban J connectivity index is 0.000000133. The van der Waals surface area contributed by atoms with E-state index in [0.29, 0.717) is 0 Å². The molecule has 2 fully saturated rings. The first-order valence-electron chi connectivity index (χ1n) is 6.36. The van der Waals surface area contributed by atoms with Gasteiger partial charge in [0.2, 0.25) is 0 Å². The molecule has 0 heterocycles. The van der Waals surface area contributed by atoms with Gasteiger partial charge in [0.25, 0.3) is 0 Å². The molecule has 78 valence electrons. The Hall–Kier alpha value is 0. The summed E-state index contributed by atoms with van der Waals surface area (Å²) in [6.07, 6.45) is 13.4. The Labute approximate surface area is 84.1 Å². The maximum Gasteiger partial charge on any atom is -0.0411 e. The molecule has 0 aromatic carbocycles. The highest BCUT2D eigenvalue weighted by molar-refractivity contribution is 4.82. The van der Waals surface area contributed by atoms with Crippen LogP contribution in [-0.2, 0) is 0 Å². The molecule has 0 radical (unpaired) electrons. The lowest BCUT2D eigenvalue weighted by atomic mass is 10.0. The predicted octanol–water partition coefficient (Wildman–Crippen LogP) is 4.78. The van der Waals surface area contributed by atoms with Gasteiger partial charge in [-0.25, -0.2) is 0 Å². The van der Waals surface area contributed by atoms with Crippen molar-refractivity contribution in [1.82, 2.24) is 0 Å². The van der Waals surface area contributed by atoms with E-state index in [4.69, 9.17) is 0 Å². The molecule has 0 nitrogen and oxygen atoms in total. The van der Waals surface area contributed by atoms with Crippen LogP contribution in [0, 0.1) is 11.8 Å². The van der Waals surface area contributed by atoms with Crippen LogP contribution in [0.25, 0.3) is 0 Å². The van der Waals surface area contributed by atoms with E-state index in [1.807, 2.05) is 0 Å². The molecule has 0 aliphatic heterocycles. The average molecular weight is 182 g/mol. The van der Waals surface area contributed by atoms with E-state index < -0.39 is 0 Å². The van der Waals surface area contributed by atoms with Crippen molar-refractivity contribution in [2.75, 3.05) is 0 Å². The topological polar surface area (TPSA) is 0 Å². The highest BCUT2D eigenvalue weighted by Crippen LogP contribution is 2.43. The molecule has 2 bridgehead atoms. The Kier molecular flexibility index (Phi) is 5.50. The highest BCUT2D eigenvalue weighted by atomic mass is 14.4. The minimum absolute atomic E-state index is 1.17. The third-order valence-corrected chi connectivity index (χ3v) is 3.59. The minimum atomic E-state index is 1.17. The van der Waals surface area contributed by atoms with E-state index in [1.54, 1.807) is 32.1 Å². The van der Waals surface area contributed by atoms with Crippen LogP contribution in [0.3, 0.4) is 0 Å². The molecule has 0 unspecified atom stereocenters. The van der Waals surface area contributed by atoms with Gasteiger partial charge in [0.1, 0.15) is 0 Å². The first-order valence-corrected chi connectivity index (χ1v) is 6.36. The van der Waals surface area contributed by atoms with Crippen LogP contribution in [0.1, 0.15) is 71.6 Å². The number of rotatable bonds is 3. The fraction of sp³-hybridized carbons (Fsp3) is 1.00. The highest BCUT2D eigenvalue weighted by Gasteiger charge is 2.30. The number of hydrogen-bond donors (Lipinski definition) is 0. The molecular formula is C13H26. The van der Waals surface area contributed by atoms with Crippen LogP contribution in [0.4, 0.5) is 0 Å². The maximum absolute atomic E-state index is 2.23. The third-order valence-electron chi connectivity index (χ3n) is 3.59.